The fourth-order valence-electron chi connectivity index (χ4n) is 0.740. The number of carbonyl (C=O) groups is 1. The highest BCUT2D eigenvalue weighted by atomic mass is 35.5. The van der Waals surface area contributed by atoms with Crippen LogP contribution in [0.3, 0.4) is 0 Å². The highest BCUT2D eigenvalue weighted by Crippen LogP contribution is 2.14. The molecule has 0 fully saturated rings. The minimum Gasteiger partial charge on any atom is -0.478 e. The van der Waals surface area contributed by atoms with Crippen LogP contribution in [0, 0.1) is 0 Å². The van der Waals surface area contributed by atoms with Crippen molar-refractivity contribution >= 4 is 23.6 Å². The van der Waals surface area contributed by atoms with Gasteiger partial charge in [0.05, 0.1) is 5.02 Å². The third-order valence-corrected chi connectivity index (χ3v) is 1.49. The van der Waals surface area contributed by atoms with E-state index in [1.165, 1.54) is 10.8 Å². The van der Waals surface area contributed by atoms with Crippen molar-refractivity contribution < 1.29 is 9.90 Å². The van der Waals surface area contributed by atoms with Gasteiger partial charge in [-0.05, 0) is 6.08 Å². The molecule has 0 radical (unpaired) electrons. The fourth-order valence-corrected chi connectivity index (χ4v) is 0.982. The van der Waals surface area contributed by atoms with E-state index in [9.17, 15) is 4.79 Å². The van der Waals surface area contributed by atoms with Crippen LogP contribution in [0.5, 0.6) is 0 Å². The highest BCUT2D eigenvalue weighted by molar-refractivity contribution is 6.31. The van der Waals surface area contributed by atoms with Crippen LogP contribution in [0.4, 0.5) is 0 Å². The second-order valence-electron chi connectivity index (χ2n) is 2.21. The molecule has 0 aliphatic heterocycles. The number of hydrogen-bond acceptors (Lipinski definition) is 2. The van der Waals surface area contributed by atoms with Crippen LogP contribution < -0.4 is 0 Å². The Balaban J connectivity index is 2.89. The number of hydrogen-bond donors (Lipinski definition) is 1. The van der Waals surface area contributed by atoms with E-state index in [0.717, 1.165) is 6.08 Å². The molecule has 0 spiro atoms. The molecular formula is C7H7ClN2O2. The van der Waals surface area contributed by atoms with Crippen molar-refractivity contribution in [2.24, 2.45) is 7.05 Å². The number of halogens is 1. The SMILES string of the molecule is Cn1cc(Cl)c(C=CC(=O)O)n1. The summed E-state index contributed by atoms with van der Waals surface area (Å²) >= 11 is 5.70. The molecule has 5 heteroatoms. The molecule has 0 aromatic carbocycles. The molecule has 0 saturated carbocycles. The smallest absolute Gasteiger partial charge is 0.328 e. The Hall–Kier alpha value is -1.29. The number of rotatable bonds is 2. The van der Waals surface area contributed by atoms with E-state index in [0.29, 0.717) is 10.7 Å². The van der Waals surface area contributed by atoms with E-state index in [4.69, 9.17) is 16.7 Å². The lowest BCUT2D eigenvalue weighted by atomic mass is 10.4. The zero-order valence-electron chi connectivity index (χ0n) is 6.36. The van der Waals surface area contributed by atoms with Gasteiger partial charge in [-0.1, -0.05) is 11.6 Å². The quantitative estimate of drug-likeness (QED) is 0.706. The van der Waals surface area contributed by atoms with Gasteiger partial charge >= 0.3 is 5.97 Å². The number of aliphatic carboxylic acids is 1. The minimum atomic E-state index is -1.02. The van der Waals surface area contributed by atoms with E-state index in [1.54, 1.807) is 13.2 Å². The van der Waals surface area contributed by atoms with Gasteiger partial charge in [0.1, 0.15) is 5.69 Å². The predicted molar refractivity (Wildman–Crippen MR) is 44.9 cm³/mol. The Labute approximate surface area is 74.1 Å². The minimum absolute atomic E-state index is 0.440. The van der Waals surface area contributed by atoms with Crippen molar-refractivity contribution in [1.29, 1.82) is 0 Å². The first kappa shape index (κ1) is 8.80. The van der Waals surface area contributed by atoms with E-state index >= 15 is 0 Å². The van der Waals surface area contributed by atoms with E-state index in [-0.39, 0.29) is 0 Å². The molecule has 0 atom stereocenters. The summed E-state index contributed by atoms with van der Waals surface area (Å²) in [7, 11) is 1.71. The number of aromatic nitrogens is 2. The molecule has 0 bridgehead atoms. The first-order valence-corrected chi connectivity index (χ1v) is 3.57. The molecule has 1 heterocycles. The van der Waals surface area contributed by atoms with Gasteiger partial charge in [0, 0.05) is 19.3 Å². The predicted octanol–water partition coefficient (Wildman–Crippen LogP) is 1.17. The van der Waals surface area contributed by atoms with Gasteiger partial charge in [-0.25, -0.2) is 4.79 Å². The largest absolute Gasteiger partial charge is 0.478 e. The van der Waals surface area contributed by atoms with Crippen molar-refractivity contribution in [3.63, 3.8) is 0 Å². The summed E-state index contributed by atoms with van der Waals surface area (Å²) in [5.74, 6) is -1.02. The highest BCUT2D eigenvalue weighted by Gasteiger charge is 2.00. The third kappa shape index (κ3) is 2.10. The summed E-state index contributed by atoms with van der Waals surface area (Å²) in [5, 5.41) is 12.7. The van der Waals surface area contributed by atoms with Gasteiger partial charge in [0.25, 0.3) is 0 Å². The summed E-state index contributed by atoms with van der Waals surface area (Å²) in [6.45, 7) is 0. The van der Waals surface area contributed by atoms with Crippen LogP contribution in [0.15, 0.2) is 12.3 Å². The topological polar surface area (TPSA) is 55.1 Å². The number of aryl methyl sites for hydroxylation is 1. The van der Waals surface area contributed by atoms with Gasteiger partial charge in [-0.2, -0.15) is 5.10 Å². The molecule has 0 aliphatic rings. The third-order valence-electron chi connectivity index (χ3n) is 1.19. The van der Waals surface area contributed by atoms with Crippen LogP contribution >= 0.6 is 11.6 Å². The summed E-state index contributed by atoms with van der Waals surface area (Å²) in [6, 6.07) is 0. The van der Waals surface area contributed by atoms with Crippen molar-refractivity contribution in [3.8, 4) is 0 Å². The summed E-state index contributed by atoms with van der Waals surface area (Å²) < 4.78 is 1.52. The van der Waals surface area contributed by atoms with Gasteiger partial charge in [-0.3, -0.25) is 4.68 Å². The fraction of sp³-hybridized carbons (Fsp3) is 0.143. The van der Waals surface area contributed by atoms with Crippen molar-refractivity contribution in [2.45, 2.75) is 0 Å². The number of nitrogens with zero attached hydrogens (tertiary/aromatic N) is 2. The van der Waals surface area contributed by atoms with Crippen molar-refractivity contribution in [1.82, 2.24) is 9.78 Å². The maximum Gasteiger partial charge on any atom is 0.328 e. The van der Waals surface area contributed by atoms with Gasteiger partial charge in [-0.15, -0.1) is 0 Å². The van der Waals surface area contributed by atoms with Crippen LogP contribution in [-0.4, -0.2) is 20.9 Å². The molecule has 0 amide bonds. The Morgan fingerprint density at radius 1 is 1.83 bits per heavy atom. The summed E-state index contributed by atoms with van der Waals surface area (Å²) in [4.78, 5) is 10.1. The average molecular weight is 187 g/mol. The average Bonchev–Trinajstić information content (AvgIpc) is 2.26. The Morgan fingerprint density at radius 3 is 2.92 bits per heavy atom. The van der Waals surface area contributed by atoms with E-state index < -0.39 is 5.97 Å². The first-order valence-electron chi connectivity index (χ1n) is 3.20. The van der Waals surface area contributed by atoms with Gasteiger partial charge < -0.3 is 5.11 Å². The zero-order valence-corrected chi connectivity index (χ0v) is 7.12. The van der Waals surface area contributed by atoms with Crippen LogP contribution in [0.25, 0.3) is 6.08 Å². The van der Waals surface area contributed by atoms with Gasteiger partial charge in [0.2, 0.25) is 0 Å². The lowest BCUT2D eigenvalue weighted by Gasteiger charge is -1.83. The number of carboxylic acids is 1. The Morgan fingerprint density at radius 2 is 2.50 bits per heavy atom. The maximum absolute atomic E-state index is 10.1. The first-order chi connectivity index (χ1) is 5.59. The zero-order chi connectivity index (χ0) is 9.14. The second kappa shape index (κ2) is 3.40. The molecule has 4 nitrogen and oxygen atoms in total. The van der Waals surface area contributed by atoms with Crippen LogP contribution in [0.2, 0.25) is 5.02 Å². The lowest BCUT2D eigenvalue weighted by Crippen LogP contribution is -1.88. The molecular weight excluding hydrogens is 180 g/mol. The molecule has 1 N–H and O–H groups in total. The summed E-state index contributed by atoms with van der Waals surface area (Å²) in [5.41, 5.74) is 0.460. The van der Waals surface area contributed by atoms with Crippen molar-refractivity contribution in [3.05, 3.63) is 23.0 Å². The summed E-state index contributed by atoms with van der Waals surface area (Å²) in [6.07, 6.45) is 3.95. The Kier molecular flexibility index (Phi) is 2.50. The van der Waals surface area contributed by atoms with Crippen LogP contribution in [0.1, 0.15) is 5.69 Å². The molecule has 1 aromatic rings. The van der Waals surface area contributed by atoms with Crippen molar-refractivity contribution in [2.75, 3.05) is 0 Å². The molecule has 0 unspecified atom stereocenters. The van der Waals surface area contributed by atoms with E-state index in [1.807, 2.05) is 0 Å². The molecule has 12 heavy (non-hydrogen) atoms. The second-order valence-corrected chi connectivity index (χ2v) is 2.61. The van der Waals surface area contributed by atoms with E-state index in [2.05, 4.69) is 5.10 Å². The van der Waals surface area contributed by atoms with Gasteiger partial charge in [0.15, 0.2) is 0 Å². The molecule has 1 aromatic heterocycles. The normalized spacial score (nSPS) is 10.8. The van der Waals surface area contributed by atoms with Crippen LogP contribution in [-0.2, 0) is 11.8 Å². The molecule has 1 rings (SSSR count). The monoisotopic (exact) mass is 186 g/mol. The number of carboxylic acid groups (broad SMARTS) is 1. The molecule has 0 aliphatic carbocycles. The molecule has 64 valence electrons. The maximum atomic E-state index is 10.1. The molecule has 0 saturated heterocycles. The standard InChI is InChI=1S/C7H7ClN2O2/c1-10-4-5(8)6(9-10)2-3-7(11)12/h2-4H,1H3,(H,11,12). The lowest BCUT2D eigenvalue weighted by molar-refractivity contribution is -0.131. The Bertz CT molecular complexity index is 330.